The van der Waals surface area contributed by atoms with Gasteiger partial charge in [-0.2, -0.15) is 0 Å². The predicted octanol–water partition coefficient (Wildman–Crippen LogP) is 5.74. The van der Waals surface area contributed by atoms with Crippen LogP contribution in [0.5, 0.6) is 0 Å². The summed E-state index contributed by atoms with van der Waals surface area (Å²) in [4.78, 5) is 7.96. The van der Waals surface area contributed by atoms with Gasteiger partial charge in [-0.15, -0.1) is 0 Å². The maximum atomic E-state index is 14.2. The van der Waals surface area contributed by atoms with E-state index < -0.39 is 11.2 Å². The smallest absolute Gasteiger partial charge is 0.226 e. The molecule has 0 N–H and O–H groups in total. The molecule has 1 aromatic heterocycles. The van der Waals surface area contributed by atoms with Gasteiger partial charge in [-0.05, 0) is 40.5 Å². The molecule has 0 atom stereocenters. The van der Waals surface area contributed by atoms with Gasteiger partial charge in [0.1, 0.15) is 5.82 Å². The molecule has 0 spiro atoms. The third kappa shape index (κ3) is 1.83. The van der Waals surface area contributed by atoms with Crippen molar-refractivity contribution >= 4 is 5.69 Å². The van der Waals surface area contributed by atoms with E-state index >= 15 is 0 Å². The van der Waals surface area contributed by atoms with E-state index in [-0.39, 0.29) is 5.69 Å². The molecule has 0 saturated heterocycles. The lowest BCUT2D eigenvalue weighted by molar-refractivity contribution is 0.618. The van der Waals surface area contributed by atoms with Crippen LogP contribution < -0.4 is 0 Å². The lowest BCUT2D eigenvalue weighted by atomic mass is 9.79. The molecule has 0 unspecified atom stereocenters. The van der Waals surface area contributed by atoms with E-state index in [0.717, 1.165) is 33.5 Å². The van der Waals surface area contributed by atoms with Crippen molar-refractivity contribution in [3.63, 3.8) is 0 Å². The molecule has 2 nitrogen and oxygen atoms in total. The Morgan fingerprint density at radius 1 is 0.917 bits per heavy atom. The van der Waals surface area contributed by atoms with E-state index in [1.807, 2.05) is 36.4 Å². The number of fused-ring (bicyclic) bond motifs is 3. The third-order valence-corrected chi connectivity index (χ3v) is 4.79. The molecule has 0 bridgehead atoms. The maximum absolute atomic E-state index is 14.2. The summed E-state index contributed by atoms with van der Waals surface area (Å²) >= 11 is 0. The predicted molar refractivity (Wildman–Crippen MR) is 93.5 cm³/mol. The Balaban J connectivity index is 2.09. The number of pyridine rings is 1. The molecule has 3 aromatic rings. The quantitative estimate of drug-likeness (QED) is 0.523. The molecule has 1 aliphatic rings. The standard InChI is InChI=1S/C21H15FN2/c1-21(2)18-13(14-10-11-16(22)20(23-3)19(14)21)7-6-8-15(18)17-9-4-5-12-24-17/h4-12H,1-2H3. The number of hydrogen-bond acceptors (Lipinski definition) is 1. The van der Waals surface area contributed by atoms with Crippen molar-refractivity contribution in [2.75, 3.05) is 0 Å². The summed E-state index contributed by atoms with van der Waals surface area (Å²) in [5.74, 6) is -0.455. The number of halogens is 1. The molecule has 2 aromatic carbocycles. The first-order valence-corrected chi connectivity index (χ1v) is 7.81. The molecule has 4 rings (SSSR count). The van der Waals surface area contributed by atoms with Crippen LogP contribution >= 0.6 is 0 Å². The summed E-state index contributed by atoms with van der Waals surface area (Å²) in [6.45, 7) is 11.5. The second-order valence-corrected chi connectivity index (χ2v) is 6.50. The van der Waals surface area contributed by atoms with Crippen molar-refractivity contribution in [3.8, 4) is 22.4 Å². The van der Waals surface area contributed by atoms with Crippen LogP contribution in [0.25, 0.3) is 27.2 Å². The van der Waals surface area contributed by atoms with Gasteiger partial charge in [0.25, 0.3) is 0 Å². The van der Waals surface area contributed by atoms with Gasteiger partial charge in [-0.3, -0.25) is 4.98 Å². The second-order valence-electron chi connectivity index (χ2n) is 6.50. The highest BCUT2D eigenvalue weighted by Crippen LogP contribution is 2.55. The second kappa shape index (κ2) is 5.01. The van der Waals surface area contributed by atoms with Gasteiger partial charge in [0.2, 0.25) is 5.69 Å². The fourth-order valence-corrected chi connectivity index (χ4v) is 3.84. The topological polar surface area (TPSA) is 17.2 Å². The van der Waals surface area contributed by atoms with Crippen LogP contribution in [0.3, 0.4) is 0 Å². The zero-order chi connectivity index (χ0) is 16.9. The van der Waals surface area contributed by atoms with E-state index in [2.05, 4.69) is 23.7 Å². The van der Waals surface area contributed by atoms with Gasteiger partial charge in [0.15, 0.2) is 0 Å². The third-order valence-electron chi connectivity index (χ3n) is 4.79. The Morgan fingerprint density at radius 3 is 2.38 bits per heavy atom. The summed E-state index contributed by atoms with van der Waals surface area (Å²) in [6, 6.07) is 15.1. The molecule has 0 saturated carbocycles. The van der Waals surface area contributed by atoms with Gasteiger partial charge in [0, 0.05) is 17.2 Å². The normalized spacial score (nSPS) is 13.9. The summed E-state index contributed by atoms with van der Waals surface area (Å²) in [5, 5.41) is 0. The van der Waals surface area contributed by atoms with E-state index in [0.29, 0.717) is 0 Å². The molecule has 1 aliphatic carbocycles. The van der Waals surface area contributed by atoms with Crippen LogP contribution in [0.15, 0.2) is 54.7 Å². The molecule has 0 aliphatic heterocycles. The minimum absolute atomic E-state index is 0.126. The number of nitrogens with zero attached hydrogens (tertiary/aromatic N) is 2. The number of benzene rings is 2. The zero-order valence-electron chi connectivity index (χ0n) is 13.5. The fraction of sp³-hybridized carbons (Fsp3) is 0.143. The first-order chi connectivity index (χ1) is 11.6. The van der Waals surface area contributed by atoms with Gasteiger partial charge in [-0.25, -0.2) is 9.24 Å². The Kier molecular flexibility index (Phi) is 3.04. The van der Waals surface area contributed by atoms with Gasteiger partial charge in [0.05, 0.1) is 12.3 Å². The summed E-state index contributed by atoms with van der Waals surface area (Å²) < 4.78 is 14.2. The highest BCUT2D eigenvalue weighted by atomic mass is 19.1. The van der Waals surface area contributed by atoms with E-state index in [1.165, 1.54) is 6.07 Å². The molecule has 116 valence electrons. The SMILES string of the molecule is [C-]#[N+]c1c(F)ccc2c1C(C)(C)c1c(-c3ccccn3)cccc1-2. The van der Waals surface area contributed by atoms with Crippen LogP contribution in [0.1, 0.15) is 25.0 Å². The first kappa shape index (κ1) is 14.6. The van der Waals surface area contributed by atoms with Crippen LogP contribution in [0, 0.1) is 12.4 Å². The molecule has 0 amide bonds. The Hall–Kier alpha value is -2.99. The number of hydrogen-bond donors (Lipinski definition) is 0. The maximum Gasteiger partial charge on any atom is 0.226 e. The summed E-state index contributed by atoms with van der Waals surface area (Å²) in [7, 11) is 0. The molecule has 24 heavy (non-hydrogen) atoms. The van der Waals surface area contributed by atoms with Crippen LogP contribution in [-0.2, 0) is 5.41 Å². The van der Waals surface area contributed by atoms with E-state index in [4.69, 9.17) is 6.57 Å². The van der Waals surface area contributed by atoms with E-state index in [9.17, 15) is 4.39 Å². The van der Waals surface area contributed by atoms with E-state index in [1.54, 1.807) is 12.3 Å². The van der Waals surface area contributed by atoms with Crippen molar-refractivity contribution in [2.45, 2.75) is 19.3 Å². The van der Waals surface area contributed by atoms with Crippen LogP contribution in [-0.4, -0.2) is 4.98 Å². The Bertz CT molecular complexity index is 998. The van der Waals surface area contributed by atoms with Gasteiger partial charge in [-0.1, -0.05) is 44.2 Å². The van der Waals surface area contributed by atoms with Crippen molar-refractivity contribution in [3.05, 3.63) is 83.1 Å². The number of aromatic nitrogens is 1. The molecule has 1 heterocycles. The first-order valence-electron chi connectivity index (χ1n) is 7.81. The Labute approximate surface area is 140 Å². The van der Waals surface area contributed by atoms with Crippen molar-refractivity contribution in [1.82, 2.24) is 4.98 Å². The largest absolute Gasteiger partial charge is 0.256 e. The lowest BCUT2D eigenvalue weighted by Gasteiger charge is -2.25. The van der Waals surface area contributed by atoms with Crippen LogP contribution in [0.2, 0.25) is 0 Å². The highest BCUT2D eigenvalue weighted by molar-refractivity contribution is 5.91. The molecule has 0 fully saturated rings. The molecular weight excluding hydrogens is 299 g/mol. The lowest BCUT2D eigenvalue weighted by Crippen LogP contribution is -2.17. The highest BCUT2D eigenvalue weighted by Gasteiger charge is 2.40. The minimum atomic E-state index is -0.458. The summed E-state index contributed by atoms with van der Waals surface area (Å²) in [6.07, 6.45) is 1.77. The molecule has 0 radical (unpaired) electrons. The minimum Gasteiger partial charge on any atom is -0.256 e. The fourth-order valence-electron chi connectivity index (χ4n) is 3.84. The van der Waals surface area contributed by atoms with Crippen molar-refractivity contribution in [1.29, 1.82) is 0 Å². The number of rotatable bonds is 1. The van der Waals surface area contributed by atoms with Crippen LogP contribution in [0.4, 0.5) is 10.1 Å². The van der Waals surface area contributed by atoms with Crippen molar-refractivity contribution < 1.29 is 4.39 Å². The van der Waals surface area contributed by atoms with Crippen molar-refractivity contribution in [2.24, 2.45) is 0 Å². The van der Waals surface area contributed by atoms with Gasteiger partial charge < -0.3 is 0 Å². The molecule has 3 heteroatoms. The van der Waals surface area contributed by atoms with Gasteiger partial charge >= 0.3 is 0 Å². The zero-order valence-corrected chi connectivity index (χ0v) is 13.5. The Morgan fingerprint density at radius 2 is 1.67 bits per heavy atom. The average Bonchev–Trinajstić information content (AvgIpc) is 2.84. The average molecular weight is 314 g/mol. The molecular formula is C21H15FN2. The summed E-state index contributed by atoms with van der Waals surface area (Å²) in [5.41, 5.74) is 5.47. The monoisotopic (exact) mass is 314 g/mol.